The topological polar surface area (TPSA) is 96.0 Å². The SMILES string of the molecule is CCc1ccccc1N(CC(=O)N(Cc1cccc(OC)c1)[C@@H](Cc1ccccc1)C(=O)NC1CCCCC1)S(=O)(=O)c1ccc(C)cc1. The summed E-state index contributed by atoms with van der Waals surface area (Å²) in [5.41, 5.74) is 3.81. The van der Waals surface area contributed by atoms with Crippen molar-refractivity contribution in [2.24, 2.45) is 0 Å². The number of carbonyl (C=O) groups excluding carboxylic acids is 2. The van der Waals surface area contributed by atoms with Gasteiger partial charge in [-0.1, -0.05) is 105 Å². The molecule has 1 saturated carbocycles. The molecule has 258 valence electrons. The van der Waals surface area contributed by atoms with E-state index in [1.54, 1.807) is 48.4 Å². The van der Waals surface area contributed by atoms with Crippen LogP contribution in [-0.4, -0.2) is 50.9 Å². The molecule has 0 heterocycles. The highest BCUT2D eigenvalue weighted by atomic mass is 32.2. The number of nitrogens with zero attached hydrogens (tertiary/aromatic N) is 2. The molecule has 1 fully saturated rings. The molecule has 4 aromatic rings. The van der Waals surface area contributed by atoms with Crippen molar-refractivity contribution in [3.8, 4) is 5.75 Å². The van der Waals surface area contributed by atoms with Crippen molar-refractivity contribution in [1.82, 2.24) is 10.2 Å². The number of methoxy groups -OCH3 is 1. The van der Waals surface area contributed by atoms with Gasteiger partial charge in [0.05, 0.1) is 17.7 Å². The molecule has 0 spiro atoms. The summed E-state index contributed by atoms with van der Waals surface area (Å²) in [6.45, 7) is 3.45. The third-order valence-corrected chi connectivity index (χ3v) is 11.0. The Balaban J connectivity index is 1.59. The summed E-state index contributed by atoms with van der Waals surface area (Å²) in [6.07, 6.45) is 5.86. The Morgan fingerprint density at radius 1 is 0.857 bits per heavy atom. The number of hydrogen-bond donors (Lipinski definition) is 1. The van der Waals surface area contributed by atoms with Crippen LogP contribution in [0.5, 0.6) is 5.75 Å². The minimum Gasteiger partial charge on any atom is -0.497 e. The van der Waals surface area contributed by atoms with Crippen LogP contribution in [0.3, 0.4) is 0 Å². The van der Waals surface area contributed by atoms with Crippen molar-refractivity contribution in [1.29, 1.82) is 0 Å². The normalized spacial score (nSPS) is 14.1. The van der Waals surface area contributed by atoms with E-state index in [9.17, 15) is 18.0 Å². The molecule has 1 N–H and O–H groups in total. The predicted molar refractivity (Wildman–Crippen MR) is 194 cm³/mol. The number of rotatable bonds is 14. The highest BCUT2D eigenvalue weighted by Crippen LogP contribution is 2.29. The first-order valence-electron chi connectivity index (χ1n) is 17.1. The lowest BCUT2D eigenvalue weighted by Gasteiger charge is -2.35. The number of benzene rings is 4. The Hall–Kier alpha value is -4.63. The molecule has 1 aliphatic carbocycles. The number of para-hydroxylation sites is 1. The average molecular weight is 682 g/mol. The summed E-state index contributed by atoms with van der Waals surface area (Å²) in [6, 6.07) is 30.1. The fourth-order valence-corrected chi connectivity index (χ4v) is 7.92. The van der Waals surface area contributed by atoms with Crippen molar-refractivity contribution in [3.05, 3.63) is 125 Å². The van der Waals surface area contributed by atoms with E-state index in [1.807, 2.05) is 80.6 Å². The molecule has 1 atom stereocenters. The lowest BCUT2D eigenvalue weighted by atomic mass is 9.94. The van der Waals surface area contributed by atoms with Crippen LogP contribution >= 0.6 is 0 Å². The molecule has 2 amide bonds. The number of aryl methyl sites for hydroxylation is 2. The molecule has 1 aliphatic rings. The number of ether oxygens (including phenoxy) is 1. The molecule has 0 unspecified atom stereocenters. The Labute approximate surface area is 291 Å². The first-order chi connectivity index (χ1) is 23.7. The third kappa shape index (κ3) is 9.09. The van der Waals surface area contributed by atoms with Crippen LogP contribution in [0.25, 0.3) is 0 Å². The maximum Gasteiger partial charge on any atom is 0.264 e. The van der Waals surface area contributed by atoms with E-state index in [2.05, 4.69) is 5.32 Å². The molecule has 0 aromatic heterocycles. The maximum atomic E-state index is 14.9. The minimum atomic E-state index is -4.18. The lowest BCUT2D eigenvalue weighted by molar-refractivity contribution is -0.140. The van der Waals surface area contributed by atoms with Crippen molar-refractivity contribution < 1.29 is 22.7 Å². The molecule has 9 heteroatoms. The van der Waals surface area contributed by atoms with E-state index in [-0.39, 0.29) is 29.8 Å². The monoisotopic (exact) mass is 681 g/mol. The Morgan fingerprint density at radius 3 is 2.22 bits per heavy atom. The lowest BCUT2D eigenvalue weighted by Crippen LogP contribution is -2.55. The van der Waals surface area contributed by atoms with Crippen molar-refractivity contribution in [2.45, 2.75) is 82.3 Å². The van der Waals surface area contributed by atoms with E-state index >= 15 is 0 Å². The molecular formula is C40H47N3O5S. The number of amides is 2. The van der Waals surface area contributed by atoms with E-state index in [1.165, 1.54) is 4.31 Å². The van der Waals surface area contributed by atoms with Crippen LogP contribution in [-0.2, 0) is 39.0 Å². The van der Waals surface area contributed by atoms with Gasteiger partial charge in [-0.3, -0.25) is 13.9 Å². The van der Waals surface area contributed by atoms with Gasteiger partial charge in [0.2, 0.25) is 11.8 Å². The Morgan fingerprint density at radius 2 is 1.53 bits per heavy atom. The Bertz CT molecular complexity index is 1810. The fourth-order valence-electron chi connectivity index (χ4n) is 6.47. The van der Waals surface area contributed by atoms with Gasteiger partial charge >= 0.3 is 0 Å². The van der Waals surface area contributed by atoms with Crippen LogP contribution in [0.15, 0.2) is 108 Å². The number of nitrogens with one attached hydrogen (secondary N) is 1. The van der Waals surface area contributed by atoms with Crippen LogP contribution in [0, 0.1) is 6.92 Å². The third-order valence-electron chi connectivity index (χ3n) is 9.24. The zero-order chi connectivity index (χ0) is 34.8. The first-order valence-corrected chi connectivity index (χ1v) is 18.6. The van der Waals surface area contributed by atoms with Gasteiger partial charge in [0, 0.05) is 19.0 Å². The van der Waals surface area contributed by atoms with Gasteiger partial charge in [0.15, 0.2) is 0 Å². The van der Waals surface area contributed by atoms with Gasteiger partial charge in [-0.05, 0) is 73.2 Å². The zero-order valence-corrected chi connectivity index (χ0v) is 29.5. The van der Waals surface area contributed by atoms with Gasteiger partial charge in [-0.25, -0.2) is 8.42 Å². The fraction of sp³-hybridized carbons (Fsp3) is 0.350. The smallest absolute Gasteiger partial charge is 0.264 e. The number of hydrogen-bond acceptors (Lipinski definition) is 5. The number of sulfonamides is 1. The number of carbonyl (C=O) groups is 2. The quantitative estimate of drug-likeness (QED) is 0.157. The first kappa shape index (κ1) is 35.7. The highest BCUT2D eigenvalue weighted by molar-refractivity contribution is 7.92. The Kier molecular flexibility index (Phi) is 12.1. The molecule has 4 aromatic carbocycles. The summed E-state index contributed by atoms with van der Waals surface area (Å²) < 4.78 is 35.5. The standard InChI is InChI=1S/C40H47N3O5S/c1-4-33-17-11-12-21-37(33)43(49(46,47)36-24-22-30(2)23-25-36)29-39(44)42(28-32-16-13-20-35(26-32)48-3)38(27-31-14-7-5-8-15-31)40(45)41-34-18-9-6-10-19-34/h5,7-8,11-17,20-26,34,38H,4,6,9-10,18-19,27-29H2,1-3H3,(H,41,45)/t38-/m0/s1. The average Bonchev–Trinajstić information content (AvgIpc) is 3.13. The molecule has 0 saturated heterocycles. The van der Waals surface area contributed by atoms with Gasteiger partial charge in [-0.2, -0.15) is 0 Å². The predicted octanol–water partition coefficient (Wildman–Crippen LogP) is 6.85. The summed E-state index contributed by atoms with van der Waals surface area (Å²) in [7, 11) is -2.60. The largest absolute Gasteiger partial charge is 0.497 e. The summed E-state index contributed by atoms with van der Waals surface area (Å²) in [5.74, 6) is -0.102. The highest BCUT2D eigenvalue weighted by Gasteiger charge is 2.36. The summed E-state index contributed by atoms with van der Waals surface area (Å²) in [4.78, 5) is 30.8. The number of anilines is 1. The van der Waals surface area contributed by atoms with Crippen LogP contribution in [0.4, 0.5) is 5.69 Å². The second kappa shape index (κ2) is 16.7. The van der Waals surface area contributed by atoms with Gasteiger partial charge in [0.1, 0.15) is 18.3 Å². The van der Waals surface area contributed by atoms with E-state index in [4.69, 9.17) is 4.74 Å². The van der Waals surface area contributed by atoms with Gasteiger partial charge in [0.25, 0.3) is 10.0 Å². The van der Waals surface area contributed by atoms with Crippen molar-refractivity contribution >= 4 is 27.5 Å². The molecule has 49 heavy (non-hydrogen) atoms. The van der Waals surface area contributed by atoms with Crippen molar-refractivity contribution in [2.75, 3.05) is 18.0 Å². The molecule has 0 bridgehead atoms. The van der Waals surface area contributed by atoms with E-state index < -0.39 is 28.5 Å². The van der Waals surface area contributed by atoms with E-state index in [0.29, 0.717) is 17.9 Å². The van der Waals surface area contributed by atoms with E-state index in [0.717, 1.165) is 54.4 Å². The van der Waals surface area contributed by atoms with Crippen LogP contribution in [0.1, 0.15) is 61.3 Å². The van der Waals surface area contributed by atoms with Gasteiger partial charge < -0.3 is 15.0 Å². The maximum absolute atomic E-state index is 14.9. The van der Waals surface area contributed by atoms with Crippen LogP contribution < -0.4 is 14.4 Å². The van der Waals surface area contributed by atoms with Crippen LogP contribution in [0.2, 0.25) is 0 Å². The molecule has 8 nitrogen and oxygen atoms in total. The molecule has 5 rings (SSSR count). The molecule has 0 aliphatic heterocycles. The summed E-state index contributed by atoms with van der Waals surface area (Å²) >= 11 is 0. The summed E-state index contributed by atoms with van der Waals surface area (Å²) in [5, 5.41) is 3.26. The second-order valence-corrected chi connectivity index (χ2v) is 14.6. The second-order valence-electron chi connectivity index (χ2n) is 12.7. The minimum absolute atomic E-state index is 0.0307. The van der Waals surface area contributed by atoms with Gasteiger partial charge in [-0.15, -0.1) is 0 Å². The zero-order valence-electron chi connectivity index (χ0n) is 28.7. The molecule has 0 radical (unpaired) electrons. The van der Waals surface area contributed by atoms with Crippen molar-refractivity contribution in [3.63, 3.8) is 0 Å². The molecular weight excluding hydrogens is 635 g/mol.